The summed E-state index contributed by atoms with van der Waals surface area (Å²) in [5.41, 5.74) is -8.22. The largest absolute Gasteiger partial charge is 3.00 e. The Kier molecular flexibility index (Phi) is 20.4. The fraction of sp³-hybridized carbons (Fsp3) is 0.500. The van der Waals surface area contributed by atoms with Gasteiger partial charge in [0.1, 0.15) is 0 Å². The summed E-state index contributed by atoms with van der Waals surface area (Å²) in [7, 11) is 0. The molecule has 12 N–H and O–H groups in total. The molecule has 0 aromatic rings. The van der Waals surface area contributed by atoms with E-state index in [-0.39, 0.29) is 41.7 Å². The van der Waals surface area contributed by atoms with Crippen LogP contribution in [0.5, 0.6) is 0 Å². The van der Waals surface area contributed by atoms with Gasteiger partial charge in [-0.15, -0.1) is 0 Å². The van der Waals surface area contributed by atoms with Crippen LogP contribution < -0.4 is 0 Å². The predicted octanol–water partition coefficient (Wildman–Crippen LogP) is -3.75. The third-order valence-electron chi connectivity index (χ3n) is 3.86. The predicted molar refractivity (Wildman–Crippen MR) is 111 cm³/mol. The van der Waals surface area contributed by atoms with E-state index in [0.29, 0.717) is 0 Å². The number of carbonyl (C=O) groups is 9. The van der Waals surface area contributed by atoms with Crippen LogP contribution in [0.2, 0.25) is 0 Å². The minimum absolute atomic E-state index is 0. The molecule has 0 rings (SSSR count). The molecule has 22 heteroatoms. The molecule has 0 saturated carbocycles. The van der Waals surface area contributed by atoms with Crippen molar-refractivity contribution in [1.29, 1.82) is 0 Å². The molecule has 0 bridgehead atoms. The van der Waals surface area contributed by atoms with Crippen LogP contribution in [-0.2, 0) is 43.2 Å². The number of carboxylic acid groups (broad SMARTS) is 9. The van der Waals surface area contributed by atoms with Crippen molar-refractivity contribution in [2.75, 3.05) is 0 Å². The molecule has 0 aliphatic carbocycles. The maximum absolute atomic E-state index is 10.3. The van der Waals surface area contributed by atoms with Crippen molar-refractivity contribution in [3.63, 3.8) is 0 Å². The molecule has 0 atom stereocenters. The van der Waals surface area contributed by atoms with Crippen LogP contribution in [0.15, 0.2) is 0 Å². The van der Waals surface area contributed by atoms with Crippen LogP contribution in [-0.4, -0.2) is 132 Å². The van der Waals surface area contributed by atoms with Gasteiger partial charge in [0.15, 0.2) is 16.8 Å². The maximum Gasteiger partial charge on any atom is 3.00 e. The van der Waals surface area contributed by atoms with Gasteiger partial charge in [-0.1, -0.05) is 0 Å². The van der Waals surface area contributed by atoms with E-state index in [1.807, 2.05) is 0 Å². The topological polar surface area (TPSA) is 396 Å². The Balaban J connectivity index is -0.000000240. The van der Waals surface area contributed by atoms with Gasteiger partial charge in [0.05, 0.1) is 38.5 Å². The van der Waals surface area contributed by atoms with Crippen LogP contribution >= 0.6 is 0 Å². The minimum atomic E-state index is -2.74. The monoisotopic (exact) mass is 716 g/mol. The molecule has 21 nitrogen and oxygen atoms in total. The Morgan fingerprint density at radius 2 is 0.425 bits per heavy atom. The average Bonchev–Trinajstić information content (AvgIpc) is 2.64. The summed E-state index contributed by atoms with van der Waals surface area (Å²) in [6.45, 7) is 0. The Morgan fingerprint density at radius 1 is 0.325 bits per heavy atom. The van der Waals surface area contributed by atoms with E-state index < -0.39 is 109 Å². The number of aliphatic hydroxyl groups is 3. The van der Waals surface area contributed by atoms with Crippen LogP contribution in [0.1, 0.15) is 38.5 Å². The molecule has 0 aromatic heterocycles. The van der Waals surface area contributed by atoms with E-state index in [9.17, 15) is 43.2 Å². The van der Waals surface area contributed by atoms with Crippen LogP contribution in [0, 0.1) is 41.7 Å². The molecule has 0 aliphatic heterocycles. The third kappa shape index (κ3) is 19.5. The minimum Gasteiger partial charge on any atom is -0.481 e. The molecular weight excluding hydrogens is 692 g/mol. The summed E-state index contributed by atoms with van der Waals surface area (Å²) in [6, 6.07) is 0. The quantitative estimate of drug-likeness (QED) is 0.0774. The molecule has 0 fully saturated rings. The summed E-state index contributed by atoms with van der Waals surface area (Å²) >= 11 is 0. The van der Waals surface area contributed by atoms with Crippen LogP contribution in [0.4, 0.5) is 0 Å². The van der Waals surface area contributed by atoms with Gasteiger partial charge in [0.2, 0.25) is 0 Å². The molecule has 40 heavy (non-hydrogen) atoms. The van der Waals surface area contributed by atoms with E-state index in [2.05, 4.69) is 0 Å². The zero-order chi connectivity index (χ0) is 31.9. The van der Waals surface area contributed by atoms with Crippen LogP contribution in [0.25, 0.3) is 0 Å². The Bertz CT molecular complexity index is 812. The van der Waals surface area contributed by atoms with E-state index in [4.69, 9.17) is 61.3 Å². The fourth-order valence-electron chi connectivity index (χ4n) is 2.14. The Hall–Kier alpha value is -3.51. The van der Waals surface area contributed by atoms with E-state index in [1.165, 1.54) is 0 Å². The number of carboxylic acids is 9. The molecular formula is C18H24CeO21+3. The van der Waals surface area contributed by atoms with Gasteiger partial charge in [0, 0.05) is 0 Å². The van der Waals surface area contributed by atoms with Crippen molar-refractivity contribution in [2.24, 2.45) is 0 Å². The molecule has 0 spiro atoms. The molecule has 0 saturated heterocycles. The van der Waals surface area contributed by atoms with Crippen molar-refractivity contribution in [1.82, 2.24) is 0 Å². The smallest absolute Gasteiger partial charge is 0.481 e. The molecule has 0 heterocycles. The first-order valence-electron chi connectivity index (χ1n) is 9.51. The van der Waals surface area contributed by atoms with Crippen LogP contribution in [0.3, 0.4) is 0 Å². The van der Waals surface area contributed by atoms with Crippen molar-refractivity contribution >= 4 is 53.7 Å². The molecule has 223 valence electrons. The van der Waals surface area contributed by atoms with Crippen molar-refractivity contribution in [3.05, 3.63) is 0 Å². The van der Waals surface area contributed by atoms with Gasteiger partial charge in [0.25, 0.3) is 0 Å². The number of aliphatic carboxylic acids is 9. The van der Waals surface area contributed by atoms with Gasteiger partial charge in [-0.05, 0) is 0 Å². The number of hydrogen-bond acceptors (Lipinski definition) is 12. The number of rotatable bonds is 15. The SMILES string of the molecule is O=C(O)CC(O)(CC(=O)O)C(=O)O.O=C(O)CC(O)(CC(=O)O)C(=O)O.O=C(O)CC(O)(CC(=O)O)C(=O)O.[Ce+3]. The Labute approximate surface area is 254 Å². The van der Waals surface area contributed by atoms with Gasteiger partial charge in [-0.25, -0.2) is 14.4 Å². The van der Waals surface area contributed by atoms with Gasteiger partial charge < -0.3 is 61.3 Å². The summed E-state index contributed by atoms with van der Waals surface area (Å²) in [4.78, 5) is 91.5. The molecule has 1 radical (unpaired) electrons. The summed E-state index contributed by atoms with van der Waals surface area (Å²) in [5.74, 6) is -15.1. The average molecular weight is 716 g/mol. The van der Waals surface area contributed by atoms with Gasteiger partial charge in [-0.3, -0.25) is 28.8 Å². The molecule has 0 aromatic carbocycles. The second-order valence-corrected chi connectivity index (χ2v) is 7.43. The van der Waals surface area contributed by atoms with E-state index in [1.54, 1.807) is 0 Å². The van der Waals surface area contributed by atoms with Gasteiger partial charge in [-0.2, -0.15) is 0 Å². The molecule has 0 aliphatic rings. The Morgan fingerprint density at radius 3 is 0.475 bits per heavy atom. The second-order valence-electron chi connectivity index (χ2n) is 7.43. The standard InChI is InChI=1S/3C6H8O7.Ce/c3*7-3(8)1-6(13,5(11)12)2-4(9)10;/h3*13H,1-2H2,(H,7,8)(H,9,10)(H,11,12);/q;;;+3. The summed E-state index contributed by atoms with van der Waals surface area (Å²) in [5, 5.41) is 101. The van der Waals surface area contributed by atoms with Crippen molar-refractivity contribution in [2.45, 2.75) is 55.3 Å². The first-order chi connectivity index (χ1) is 17.3. The maximum atomic E-state index is 10.3. The zero-order valence-electron chi connectivity index (χ0n) is 19.8. The van der Waals surface area contributed by atoms with E-state index in [0.717, 1.165) is 0 Å². The van der Waals surface area contributed by atoms with E-state index >= 15 is 0 Å². The van der Waals surface area contributed by atoms with Crippen molar-refractivity contribution < 1.29 is 146 Å². The second kappa shape index (κ2) is 18.7. The normalized spacial score (nSPS) is 10.6. The third-order valence-corrected chi connectivity index (χ3v) is 3.86. The van der Waals surface area contributed by atoms with Crippen molar-refractivity contribution in [3.8, 4) is 0 Å². The fourth-order valence-corrected chi connectivity index (χ4v) is 2.14. The number of hydrogen-bond donors (Lipinski definition) is 12. The summed E-state index contributed by atoms with van der Waals surface area (Å²) < 4.78 is 0. The first kappa shape index (κ1) is 43.5. The first-order valence-corrected chi connectivity index (χ1v) is 9.51. The zero-order valence-corrected chi connectivity index (χ0v) is 22.9. The summed E-state index contributed by atoms with van der Waals surface area (Å²) in [6.07, 6.45) is -6.87. The molecule has 0 amide bonds. The van der Waals surface area contributed by atoms with Gasteiger partial charge >= 0.3 is 95.5 Å². The molecule has 0 unspecified atom stereocenters.